The van der Waals surface area contributed by atoms with E-state index in [1.165, 1.54) is 32.1 Å². The fraction of sp³-hybridized carbons (Fsp3) is 1.00. The summed E-state index contributed by atoms with van der Waals surface area (Å²) in [5, 5.41) is 12.4. The minimum absolute atomic E-state index is 0.198. The third-order valence-electron chi connectivity index (χ3n) is 4.19. The molecular formula is C14H30N2O. The van der Waals surface area contributed by atoms with Gasteiger partial charge in [0.15, 0.2) is 0 Å². The van der Waals surface area contributed by atoms with Gasteiger partial charge in [0.1, 0.15) is 0 Å². The normalized spacial score (nSPS) is 30.2. The van der Waals surface area contributed by atoms with Crippen molar-refractivity contribution in [3.63, 3.8) is 0 Å². The quantitative estimate of drug-likeness (QED) is 0.473. The topological polar surface area (TPSA) is 58.3 Å². The molecule has 102 valence electrons. The van der Waals surface area contributed by atoms with Crippen LogP contribution in [0.25, 0.3) is 0 Å². The molecule has 1 aliphatic rings. The van der Waals surface area contributed by atoms with E-state index in [1.807, 2.05) is 0 Å². The van der Waals surface area contributed by atoms with Crippen molar-refractivity contribution in [2.45, 2.75) is 63.8 Å². The molecule has 0 saturated heterocycles. The van der Waals surface area contributed by atoms with Crippen molar-refractivity contribution in [1.29, 1.82) is 0 Å². The Morgan fingerprint density at radius 2 is 2.06 bits per heavy atom. The van der Waals surface area contributed by atoms with Crippen LogP contribution in [-0.4, -0.2) is 30.3 Å². The highest BCUT2D eigenvalue weighted by molar-refractivity contribution is 4.91. The number of aliphatic hydroxyl groups is 1. The first-order chi connectivity index (χ1) is 8.22. The predicted octanol–water partition coefficient (Wildman–Crippen LogP) is 2.04. The standard InChI is InChI=1S/C14H30N2O/c1-13-6-5-8-14(12-15,9-7-13)16-10-3-2-4-11-17/h13,16-17H,2-12,15H2,1H3. The lowest BCUT2D eigenvalue weighted by Gasteiger charge is -2.33. The summed E-state index contributed by atoms with van der Waals surface area (Å²) in [6.07, 6.45) is 9.61. The minimum atomic E-state index is 0.198. The molecule has 0 aromatic carbocycles. The zero-order valence-electron chi connectivity index (χ0n) is 11.4. The van der Waals surface area contributed by atoms with Gasteiger partial charge in [0.05, 0.1) is 0 Å². The van der Waals surface area contributed by atoms with Gasteiger partial charge in [-0.1, -0.05) is 19.8 Å². The average molecular weight is 242 g/mol. The molecule has 2 unspecified atom stereocenters. The van der Waals surface area contributed by atoms with Crippen LogP contribution in [-0.2, 0) is 0 Å². The molecule has 1 rings (SSSR count). The Balaban J connectivity index is 2.29. The lowest BCUT2D eigenvalue weighted by atomic mass is 9.89. The Hall–Kier alpha value is -0.120. The molecule has 0 bridgehead atoms. The maximum absolute atomic E-state index is 8.74. The van der Waals surface area contributed by atoms with Crippen molar-refractivity contribution in [2.24, 2.45) is 11.7 Å². The van der Waals surface area contributed by atoms with Crippen molar-refractivity contribution in [1.82, 2.24) is 5.32 Å². The molecule has 0 aromatic rings. The summed E-state index contributed by atoms with van der Waals surface area (Å²) < 4.78 is 0. The summed E-state index contributed by atoms with van der Waals surface area (Å²) in [5.41, 5.74) is 6.19. The van der Waals surface area contributed by atoms with Crippen LogP contribution in [0, 0.1) is 5.92 Å². The van der Waals surface area contributed by atoms with Crippen molar-refractivity contribution >= 4 is 0 Å². The second kappa shape index (κ2) is 8.06. The Kier molecular flexibility index (Phi) is 7.09. The van der Waals surface area contributed by atoms with Crippen LogP contribution in [0.5, 0.6) is 0 Å². The molecule has 3 heteroatoms. The largest absolute Gasteiger partial charge is 0.396 e. The summed E-state index contributed by atoms with van der Waals surface area (Å²) in [6.45, 7) is 4.48. The number of hydrogen-bond acceptors (Lipinski definition) is 3. The third kappa shape index (κ3) is 5.36. The van der Waals surface area contributed by atoms with Gasteiger partial charge in [-0.25, -0.2) is 0 Å². The lowest BCUT2D eigenvalue weighted by molar-refractivity contribution is 0.271. The van der Waals surface area contributed by atoms with Crippen LogP contribution in [0.3, 0.4) is 0 Å². The Bertz CT molecular complexity index is 199. The van der Waals surface area contributed by atoms with Gasteiger partial charge in [0, 0.05) is 18.7 Å². The van der Waals surface area contributed by atoms with Gasteiger partial charge in [0.25, 0.3) is 0 Å². The fourth-order valence-corrected chi connectivity index (χ4v) is 2.80. The molecular weight excluding hydrogens is 212 g/mol. The Morgan fingerprint density at radius 1 is 1.24 bits per heavy atom. The third-order valence-corrected chi connectivity index (χ3v) is 4.19. The summed E-state index contributed by atoms with van der Waals surface area (Å²) >= 11 is 0. The SMILES string of the molecule is CC1CCCC(CN)(NCCCCCO)CC1. The molecule has 3 nitrogen and oxygen atoms in total. The van der Waals surface area contributed by atoms with Crippen LogP contribution in [0.1, 0.15) is 58.3 Å². The monoisotopic (exact) mass is 242 g/mol. The summed E-state index contributed by atoms with van der Waals surface area (Å²) in [5.74, 6) is 0.861. The number of nitrogens with one attached hydrogen (secondary N) is 1. The smallest absolute Gasteiger partial charge is 0.0431 e. The number of hydrogen-bond donors (Lipinski definition) is 3. The van der Waals surface area contributed by atoms with Gasteiger partial charge < -0.3 is 16.2 Å². The highest BCUT2D eigenvalue weighted by atomic mass is 16.2. The van der Waals surface area contributed by atoms with E-state index in [4.69, 9.17) is 10.8 Å². The van der Waals surface area contributed by atoms with Crippen molar-refractivity contribution in [3.05, 3.63) is 0 Å². The van der Waals surface area contributed by atoms with E-state index < -0.39 is 0 Å². The Morgan fingerprint density at radius 3 is 2.76 bits per heavy atom. The first-order valence-corrected chi connectivity index (χ1v) is 7.28. The summed E-state index contributed by atoms with van der Waals surface area (Å²) in [4.78, 5) is 0. The molecule has 17 heavy (non-hydrogen) atoms. The molecule has 0 radical (unpaired) electrons. The average Bonchev–Trinajstić information content (AvgIpc) is 2.52. The molecule has 0 spiro atoms. The molecule has 0 aliphatic heterocycles. The zero-order valence-corrected chi connectivity index (χ0v) is 11.4. The van der Waals surface area contributed by atoms with E-state index >= 15 is 0 Å². The van der Waals surface area contributed by atoms with E-state index in [9.17, 15) is 0 Å². The fourth-order valence-electron chi connectivity index (χ4n) is 2.80. The van der Waals surface area contributed by atoms with E-state index in [2.05, 4.69) is 12.2 Å². The van der Waals surface area contributed by atoms with Gasteiger partial charge in [0.2, 0.25) is 0 Å². The van der Waals surface area contributed by atoms with Crippen LogP contribution in [0.15, 0.2) is 0 Å². The van der Waals surface area contributed by atoms with E-state index in [1.54, 1.807) is 0 Å². The van der Waals surface area contributed by atoms with Gasteiger partial charge in [-0.15, -0.1) is 0 Å². The van der Waals surface area contributed by atoms with Gasteiger partial charge in [-0.3, -0.25) is 0 Å². The highest BCUT2D eigenvalue weighted by Gasteiger charge is 2.29. The molecule has 0 heterocycles. The van der Waals surface area contributed by atoms with Crippen molar-refractivity contribution in [3.8, 4) is 0 Å². The summed E-state index contributed by atoms with van der Waals surface area (Å²) in [6, 6.07) is 0. The second-order valence-electron chi connectivity index (χ2n) is 5.73. The van der Waals surface area contributed by atoms with Crippen molar-refractivity contribution < 1.29 is 5.11 Å². The van der Waals surface area contributed by atoms with Crippen LogP contribution in [0.2, 0.25) is 0 Å². The maximum Gasteiger partial charge on any atom is 0.0431 e. The molecule has 4 N–H and O–H groups in total. The van der Waals surface area contributed by atoms with Gasteiger partial charge >= 0.3 is 0 Å². The lowest BCUT2D eigenvalue weighted by Crippen LogP contribution is -2.51. The molecule has 1 fully saturated rings. The molecule has 0 aromatic heterocycles. The second-order valence-corrected chi connectivity index (χ2v) is 5.73. The van der Waals surface area contributed by atoms with Crippen LogP contribution < -0.4 is 11.1 Å². The maximum atomic E-state index is 8.74. The van der Waals surface area contributed by atoms with Crippen LogP contribution in [0.4, 0.5) is 0 Å². The number of rotatable bonds is 7. The highest BCUT2D eigenvalue weighted by Crippen LogP contribution is 2.29. The van der Waals surface area contributed by atoms with Crippen molar-refractivity contribution in [2.75, 3.05) is 19.7 Å². The predicted molar refractivity (Wildman–Crippen MR) is 73.0 cm³/mol. The van der Waals surface area contributed by atoms with E-state index in [-0.39, 0.29) is 5.54 Å². The number of aliphatic hydroxyl groups excluding tert-OH is 1. The summed E-state index contributed by atoms with van der Waals surface area (Å²) in [7, 11) is 0. The van der Waals surface area contributed by atoms with Gasteiger partial charge in [-0.2, -0.15) is 0 Å². The first-order valence-electron chi connectivity index (χ1n) is 7.28. The number of unbranched alkanes of at least 4 members (excludes halogenated alkanes) is 2. The zero-order chi connectivity index (χ0) is 12.6. The van der Waals surface area contributed by atoms with Crippen LogP contribution >= 0.6 is 0 Å². The molecule has 2 atom stereocenters. The van der Waals surface area contributed by atoms with E-state index in [0.29, 0.717) is 6.61 Å². The molecule has 1 aliphatic carbocycles. The Labute approximate surface area is 106 Å². The molecule has 1 saturated carbocycles. The molecule has 0 amide bonds. The van der Waals surface area contributed by atoms with Gasteiger partial charge in [-0.05, 0) is 51.0 Å². The van der Waals surface area contributed by atoms with E-state index in [0.717, 1.165) is 38.3 Å². The number of nitrogens with two attached hydrogens (primary N) is 1. The first kappa shape index (κ1) is 14.9. The minimum Gasteiger partial charge on any atom is -0.396 e.